The number of amides is 2. The highest BCUT2D eigenvalue weighted by Crippen LogP contribution is 2.48. The van der Waals surface area contributed by atoms with Gasteiger partial charge in [-0.2, -0.15) is 0 Å². The Morgan fingerprint density at radius 2 is 1.82 bits per heavy atom. The smallest absolute Gasteiger partial charge is 0.408 e. The molecular weight excluding hydrogens is 582 g/mol. The Morgan fingerprint density at radius 1 is 1.09 bits per heavy atom. The zero-order valence-corrected chi connectivity index (χ0v) is 26.3. The topological polar surface area (TPSA) is 162 Å². The lowest BCUT2D eigenvalue weighted by Crippen LogP contribution is -2.51. The van der Waals surface area contributed by atoms with Gasteiger partial charge in [0.05, 0.1) is 19.1 Å². The second kappa shape index (κ2) is 13.2. The number of fused-ring (bicyclic) bond motifs is 3. The predicted molar refractivity (Wildman–Crippen MR) is 163 cm³/mol. The number of benzene rings is 1. The highest BCUT2D eigenvalue weighted by molar-refractivity contribution is 5.96. The van der Waals surface area contributed by atoms with Crippen molar-refractivity contribution in [1.82, 2.24) is 15.6 Å². The van der Waals surface area contributed by atoms with E-state index in [1.54, 1.807) is 40.1 Å². The summed E-state index contributed by atoms with van der Waals surface area (Å²) >= 11 is 0. The molecule has 0 radical (unpaired) electrons. The van der Waals surface area contributed by atoms with E-state index in [1.165, 1.54) is 0 Å². The molecule has 1 unspecified atom stereocenters. The number of hydrogen-bond donors (Lipinski definition) is 3. The number of hydrogen-bond acceptors (Lipinski definition) is 9. The first kappa shape index (κ1) is 32.5. The van der Waals surface area contributed by atoms with Crippen LogP contribution in [0.5, 0.6) is 11.6 Å². The van der Waals surface area contributed by atoms with Crippen molar-refractivity contribution in [2.24, 2.45) is 17.8 Å². The number of carbonyl (C=O) groups excluding carboxylic acids is 3. The van der Waals surface area contributed by atoms with Crippen LogP contribution in [0, 0.1) is 17.8 Å². The zero-order chi connectivity index (χ0) is 32.4. The van der Waals surface area contributed by atoms with E-state index in [-0.39, 0.29) is 24.5 Å². The molecule has 2 heterocycles. The Kier molecular flexibility index (Phi) is 9.52. The van der Waals surface area contributed by atoms with E-state index in [9.17, 15) is 24.3 Å². The van der Waals surface area contributed by atoms with Crippen molar-refractivity contribution < 1.29 is 43.2 Å². The monoisotopic (exact) mass is 625 g/mol. The van der Waals surface area contributed by atoms with Gasteiger partial charge in [-0.3, -0.25) is 9.59 Å². The first-order valence-electron chi connectivity index (χ1n) is 15.7. The largest absolute Gasteiger partial charge is 0.497 e. The summed E-state index contributed by atoms with van der Waals surface area (Å²) < 4.78 is 22.9. The number of ketones is 1. The highest BCUT2D eigenvalue weighted by Gasteiger charge is 2.62. The first-order valence-corrected chi connectivity index (χ1v) is 15.7. The molecule has 244 valence electrons. The molecule has 45 heavy (non-hydrogen) atoms. The van der Waals surface area contributed by atoms with Crippen LogP contribution in [0.4, 0.5) is 4.79 Å². The lowest BCUT2D eigenvalue weighted by atomic mass is 9.86. The number of aromatic nitrogens is 1. The number of rotatable bonds is 5. The summed E-state index contributed by atoms with van der Waals surface area (Å²) in [5.74, 6) is -2.77. The van der Waals surface area contributed by atoms with Crippen molar-refractivity contribution in [3.8, 4) is 11.6 Å². The van der Waals surface area contributed by atoms with Crippen molar-refractivity contribution in [2.45, 2.75) is 89.0 Å². The molecule has 5 rings (SSSR count). The molecule has 6 atom stereocenters. The second-order valence-corrected chi connectivity index (χ2v) is 13.3. The molecule has 0 spiro atoms. The number of ether oxygens (including phenoxy) is 4. The van der Waals surface area contributed by atoms with Crippen molar-refractivity contribution in [2.75, 3.05) is 20.3 Å². The molecule has 1 aromatic carbocycles. The second-order valence-electron chi connectivity index (χ2n) is 13.3. The number of nitrogens with zero attached hydrogens (tertiary/aromatic N) is 1. The Hall–Kier alpha value is -3.93. The highest BCUT2D eigenvalue weighted by atomic mass is 16.6. The van der Waals surface area contributed by atoms with Crippen molar-refractivity contribution in [3.05, 3.63) is 30.5 Å². The fraction of sp³-hybridized carbons (Fsp3) is 0.606. The van der Waals surface area contributed by atoms with Crippen LogP contribution in [0.1, 0.15) is 65.7 Å². The minimum Gasteiger partial charge on any atom is -0.497 e. The van der Waals surface area contributed by atoms with Crippen LogP contribution in [0.25, 0.3) is 10.8 Å². The van der Waals surface area contributed by atoms with Crippen LogP contribution in [0.15, 0.2) is 30.5 Å². The van der Waals surface area contributed by atoms with Gasteiger partial charge in [-0.25, -0.2) is 14.6 Å². The number of carboxylic acids is 1. The molecule has 12 heteroatoms. The summed E-state index contributed by atoms with van der Waals surface area (Å²) in [6.07, 6.45) is 3.08. The molecule has 3 N–H and O–H groups in total. The third-order valence-electron chi connectivity index (χ3n) is 8.93. The molecule has 3 aliphatic rings. The van der Waals surface area contributed by atoms with E-state index in [0.717, 1.165) is 10.8 Å². The summed E-state index contributed by atoms with van der Waals surface area (Å²) in [6, 6.07) is 6.42. The van der Waals surface area contributed by atoms with Crippen LogP contribution < -0.4 is 20.1 Å². The van der Waals surface area contributed by atoms with Gasteiger partial charge >= 0.3 is 12.1 Å². The quantitative estimate of drug-likeness (QED) is 0.442. The third-order valence-corrected chi connectivity index (χ3v) is 8.93. The number of aliphatic carboxylic acids is 1. The van der Waals surface area contributed by atoms with E-state index >= 15 is 0 Å². The van der Waals surface area contributed by atoms with E-state index in [0.29, 0.717) is 56.9 Å². The molecule has 2 aliphatic carbocycles. The number of Topliss-reactive ketones (excluding diaryl/α,β-unsaturated/α-hetero) is 1. The van der Waals surface area contributed by atoms with Crippen molar-refractivity contribution in [1.29, 1.82) is 0 Å². The van der Waals surface area contributed by atoms with Crippen LogP contribution in [-0.4, -0.2) is 77.5 Å². The molecule has 3 fully saturated rings. The number of carboxylic acid groups (broad SMARTS) is 1. The average molecular weight is 626 g/mol. The van der Waals surface area contributed by atoms with Crippen molar-refractivity contribution in [3.63, 3.8) is 0 Å². The molecular formula is C33H43N3O9. The van der Waals surface area contributed by atoms with Gasteiger partial charge in [0.25, 0.3) is 0 Å². The Morgan fingerprint density at radius 3 is 2.53 bits per heavy atom. The minimum absolute atomic E-state index is 0.180. The van der Waals surface area contributed by atoms with Gasteiger partial charge in [0, 0.05) is 30.7 Å². The van der Waals surface area contributed by atoms with E-state index in [4.69, 9.17) is 18.9 Å². The average Bonchev–Trinajstić information content (AvgIpc) is 3.51. The standard InChI is InChI=1S/C33H43N3O9/c1-32(2,3)45-31(41)35-26-8-6-14-43-13-5-7-20-18-33(20,30(39)40)36-28(38)25-17-22(16-24(25)27(26)37)44-29-23-10-9-21(42-4)15-19(23)11-12-34-29/h9-12,15,20,22,24-26H,5-8,13-14,16-18H2,1-4H3,(H,35,41)(H,36,38)(H,39,40)/t20-,22+,24?,25-,26+,33-/m1/s1. The Bertz CT molecular complexity index is 1440. The van der Waals surface area contributed by atoms with Gasteiger partial charge in [0.1, 0.15) is 23.0 Å². The Labute approximate surface area is 262 Å². The van der Waals surface area contributed by atoms with Gasteiger partial charge in [-0.1, -0.05) is 0 Å². The van der Waals surface area contributed by atoms with Crippen LogP contribution in [-0.2, 0) is 23.9 Å². The molecule has 1 saturated heterocycles. The number of carbonyl (C=O) groups is 4. The number of nitrogens with one attached hydrogen (secondary N) is 2. The molecule has 1 aliphatic heterocycles. The van der Waals surface area contributed by atoms with Gasteiger partial charge in [-0.15, -0.1) is 0 Å². The van der Waals surface area contributed by atoms with E-state index < -0.39 is 53.1 Å². The van der Waals surface area contributed by atoms with Gasteiger partial charge < -0.3 is 34.7 Å². The third kappa shape index (κ3) is 7.49. The van der Waals surface area contributed by atoms with Crippen LogP contribution in [0.2, 0.25) is 0 Å². The normalized spacial score (nSPS) is 29.3. The van der Waals surface area contributed by atoms with Crippen LogP contribution >= 0.6 is 0 Å². The number of methoxy groups -OCH3 is 1. The molecule has 2 amide bonds. The lowest BCUT2D eigenvalue weighted by molar-refractivity contribution is -0.145. The molecule has 2 aromatic rings. The summed E-state index contributed by atoms with van der Waals surface area (Å²) in [4.78, 5) is 57.7. The maximum atomic E-state index is 14.2. The Balaban J connectivity index is 1.43. The zero-order valence-electron chi connectivity index (χ0n) is 26.3. The van der Waals surface area contributed by atoms with Gasteiger partial charge in [0.2, 0.25) is 11.8 Å². The maximum absolute atomic E-state index is 14.2. The number of alkyl carbamates (subject to hydrolysis) is 1. The lowest BCUT2D eigenvalue weighted by Gasteiger charge is -2.27. The van der Waals surface area contributed by atoms with Crippen LogP contribution in [0.3, 0.4) is 0 Å². The summed E-state index contributed by atoms with van der Waals surface area (Å²) in [7, 11) is 1.59. The van der Waals surface area contributed by atoms with Gasteiger partial charge in [0.15, 0.2) is 5.78 Å². The van der Waals surface area contributed by atoms with Gasteiger partial charge in [-0.05, 0) is 101 Å². The minimum atomic E-state index is -1.37. The number of pyridine rings is 1. The first-order chi connectivity index (χ1) is 21.4. The SMILES string of the molecule is COc1ccc2c(O[C@H]3CC4C(=O)[C@@H](NC(=O)OC(C)(C)C)CCCOCCC[C@@H]5C[C@@]5(C(=O)O)NC(=O)[C@@H]4C3)nccc2c1. The molecule has 12 nitrogen and oxygen atoms in total. The summed E-state index contributed by atoms with van der Waals surface area (Å²) in [6.45, 7) is 6.02. The molecule has 0 bridgehead atoms. The fourth-order valence-electron chi connectivity index (χ4n) is 6.58. The maximum Gasteiger partial charge on any atom is 0.408 e. The van der Waals surface area contributed by atoms with Crippen molar-refractivity contribution >= 4 is 34.5 Å². The van der Waals surface area contributed by atoms with E-state index in [1.807, 2.05) is 18.2 Å². The summed E-state index contributed by atoms with van der Waals surface area (Å²) in [5.41, 5.74) is -2.14. The summed E-state index contributed by atoms with van der Waals surface area (Å²) in [5, 5.41) is 17.2. The predicted octanol–water partition coefficient (Wildman–Crippen LogP) is 4.03. The molecule has 1 aromatic heterocycles. The molecule has 2 saturated carbocycles. The van der Waals surface area contributed by atoms with E-state index in [2.05, 4.69) is 15.6 Å². The fourth-order valence-corrected chi connectivity index (χ4v) is 6.58.